The Balaban J connectivity index is 1.34. The van der Waals surface area contributed by atoms with Crippen LogP contribution in [-0.4, -0.2) is 49.1 Å². The van der Waals surface area contributed by atoms with Crippen LogP contribution in [0.25, 0.3) is 0 Å². The van der Waals surface area contributed by atoms with Gasteiger partial charge in [0.15, 0.2) is 5.78 Å². The van der Waals surface area contributed by atoms with Gasteiger partial charge in [-0.25, -0.2) is 4.79 Å². The Labute approximate surface area is 258 Å². The Kier molecular flexibility index (Phi) is 11.5. The minimum atomic E-state index is -1.02. The number of carboxylic acid groups (broad SMARTS) is 1. The molecule has 1 amide bonds. The number of ketones is 1. The molecule has 1 atom stereocenters. The third-order valence-corrected chi connectivity index (χ3v) is 7.12. The molecule has 0 radical (unpaired) electrons. The van der Waals surface area contributed by atoms with Crippen molar-refractivity contribution in [3.05, 3.63) is 120 Å². The lowest BCUT2D eigenvalue weighted by molar-refractivity contribution is -0.137. The molecule has 0 fully saturated rings. The van der Waals surface area contributed by atoms with Crippen LogP contribution in [0, 0.1) is 0 Å². The van der Waals surface area contributed by atoms with Crippen molar-refractivity contribution >= 4 is 29.0 Å². The molecule has 8 nitrogen and oxygen atoms in total. The number of carbonyl (C=O) groups excluding carboxylic acids is 2. The molecule has 0 unspecified atom stereocenters. The number of ether oxygens (including phenoxy) is 2. The lowest BCUT2D eigenvalue weighted by Crippen LogP contribution is -2.32. The molecular formula is C36H38N2O6. The minimum absolute atomic E-state index is 0.0544. The number of carboxylic acids is 1. The van der Waals surface area contributed by atoms with Crippen molar-refractivity contribution in [2.75, 3.05) is 30.5 Å². The second kappa shape index (κ2) is 15.9. The number of nitrogens with zero attached hydrogens (tertiary/aromatic N) is 1. The molecule has 8 heteroatoms. The van der Waals surface area contributed by atoms with Gasteiger partial charge in [0.25, 0.3) is 0 Å². The standard InChI is InChI=1S/C36H38N2O6/c1-3-11-34(39)38(28-14-9-15-30(25-28)43-2)22-10-23-44-29-20-18-26(19-21-29)24-33(36(41)42)37-32-17-8-7-16-31(32)35(40)27-12-5-4-6-13-27/h4-9,12-21,25,33,37H,3,10-11,22-24H2,1-2H3,(H,41,42)/t33-/m0/s1. The van der Waals surface area contributed by atoms with Crippen molar-refractivity contribution in [2.45, 2.75) is 38.6 Å². The van der Waals surface area contributed by atoms with Crippen molar-refractivity contribution in [1.29, 1.82) is 0 Å². The van der Waals surface area contributed by atoms with Crippen molar-refractivity contribution in [2.24, 2.45) is 0 Å². The molecule has 0 saturated carbocycles. The summed E-state index contributed by atoms with van der Waals surface area (Å²) < 4.78 is 11.3. The molecule has 0 saturated heterocycles. The van der Waals surface area contributed by atoms with Crippen molar-refractivity contribution in [3.63, 3.8) is 0 Å². The lowest BCUT2D eigenvalue weighted by Gasteiger charge is -2.23. The predicted octanol–water partition coefficient (Wildman–Crippen LogP) is 6.64. The number of methoxy groups -OCH3 is 1. The third-order valence-electron chi connectivity index (χ3n) is 7.12. The van der Waals surface area contributed by atoms with Crippen LogP contribution in [-0.2, 0) is 16.0 Å². The topological polar surface area (TPSA) is 105 Å². The van der Waals surface area contributed by atoms with E-state index >= 15 is 0 Å². The highest BCUT2D eigenvalue weighted by atomic mass is 16.5. The summed E-state index contributed by atoms with van der Waals surface area (Å²) in [5.41, 5.74) is 3.01. The summed E-state index contributed by atoms with van der Waals surface area (Å²) in [6.45, 7) is 2.89. The highest BCUT2D eigenvalue weighted by Crippen LogP contribution is 2.24. The van der Waals surface area contributed by atoms with Crippen LogP contribution in [0.5, 0.6) is 11.5 Å². The third kappa shape index (κ3) is 8.70. The van der Waals surface area contributed by atoms with Gasteiger partial charge in [-0.3, -0.25) is 9.59 Å². The van der Waals surface area contributed by atoms with Crippen LogP contribution in [0.4, 0.5) is 11.4 Å². The summed E-state index contributed by atoms with van der Waals surface area (Å²) in [6.07, 6.45) is 2.05. The van der Waals surface area contributed by atoms with E-state index in [-0.39, 0.29) is 18.1 Å². The first-order chi connectivity index (χ1) is 21.4. The largest absolute Gasteiger partial charge is 0.497 e. The summed E-state index contributed by atoms with van der Waals surface area (Å²) in [5.74, 6) is 0.198. The van der Waals surface area contributed by atoms with E-state index < -0.39 is 12.0 Å². The molecule has 0 aromatic heterocycles. The van der Waals surface area contributed by atoms with Crippen molar-refractivity contribution in [1.82, 2.24) is 0 Å². The Morgan fingerprint density at radius 3 is 2.30 bits per heavy atom. The molecule has 4 rings (SSSR count). The van der Waals surface area contributed by atoms with Gasteiger partial charge in [0.2, 0.25) is 5.91 Å². The number of anilines is 2. The van der Waals surface area contributed by atoms with Gasteiger partial charge in [-0.05, 0) is 54.8 Å². The first kappa shape index (κ1) is 31.8. The van der Waals surface area contributed by atoms with Gasteiger partial charge in [0.1, 0.15) is 17.5 Å². The van der Waals surface area contributed by atoms with E-state index in [9.17, 15) is 19.5 Å². The number of aliphatic carboxylic acids is 1. The van der Waals surface area contributed by atoms with Gasteiger partial charge in [0.05, 0.1) is 13.7 Å². The maximum atomic E-state index is 13.1. The van der Waals surface area contributed by atoms with Gasteiger partial charge >= 0.3 is 5.97 Å². The van der Waals surface area contributed by atoms with Crippen LogP contribution in [0.1, 0.15) is 47.7 Å². The average Bonchev–Trinajstić information content (AvgIpc) is 3.05. The molecule has 0 aliphatic heterocycles. The molecular weight excluding hydrogens is 556 g/mol. The van der Waals surface area contributed by atoms with Gasteiger partial charge in [-0.2, -0.15) is 0 Å². The zero-order valence-electron chi connectivity index (χ0n) is 25.1. The van der Waals surface area contributed by atoms with Crippen molar-refractivity contribution in [3.8, 4) is 11.5 Å². The zero-order chi connectivity index (χ0) is 31.3. The van der Waals surface area contributed by atoms with Gasteiger partial charge in [-0.15, -0.1) is 0 Å². The van der Waals surface area contributed by atoms with E-state index in [0.717, 1.165) is 17.7 Å². The molecule has 0 heterocycles. The SMILES string of the molecule is CCCC(=O)N(CCCOc1ccc(C[C@H](Nc2ccccc2C(=O)c2ccccc2)C(=O)O)cc1)c1cccc(OC)c1. The van der Waals surface area contributed by atoms with Crippen LogP contribution in [0.15, 0.2) is 103 Å². The summed E-state index contributed by atoms with van der Waals surface area (Å²) in [6, 6.07) is 29.6. The summed E-state index contributed by atoms with van der Waals surface area (Å²) in [4.78, 5) is 39.8. The maximum Gasteiger partial charge on any atom is 0.326 e. The monoisotopic (exact) mass is 594 g/mol. The number of rotatable bonds is 16. The molecule has 4 aromatic rings. The number of para-hydroxylation sites is 1. The average molecular weight is 595 g/mol. The van der Waals surface area contributed by atoms with E-state index in [4.69, 9.17) is 9.47 Å². The normalized spacial score (nSPS) is 11.3. The second-order valence-electron chi connectivity index (χ2n) is 10.3. The molecule has 44 heavy (non-hydrogen) atoms. The Morgan fingerprint density at radius 1 is 0.864 bits per heavy atom. The lowest BCUT2D eigenvalue weighted by atomic mass is 10.00. The minimum Gasteiger partial charge on any atom is -0.497 e. The van der Waals surface area contributed by atoms with Gasteiger partial charge in [0, 0.05) is 48.0 Å². The second-order valence-corrected chi connectivity index (χ2v) is 10.3. The van der Waals surface area contributed by atoms with Gasteiger partial charge in [-0.1, -0.05) is 67.6 Å². The first-order valence-corrected chi connectivity index (χ1v) is 14.7. The highest BCUT2D eigenvalue weighted by molar-refractivity contribution is 6.12. The predicted molar refractivity (Wildman–Crippen MR) is 172 cm³/mol. The number of amides is 1. The fraction of sp³-hybridized carbons (Fsp3) is 0.250. The number of benzene rings is 4. The van der Waals surface area contributed by atoms with E-state index in [1.165, 1.54) is 0 Å². The molecule has 228 valence electrons. The highest BCUT2D eigenvalue weighted by Gasteiger charge is 2.21. The number of hydrogen-bond acceptors (Lipinski definition) is 6. The van der Waals surface area contributed by atoms with E-state index in [0.29, 0.717) is 54.3 Å². The fourth-order valence-corrected chi connectivity index (χ4v) is 4.83. The Morgan fingerprint density at radius 2 is 1.59 bits per heavy atom. The Bertz CT molecular complexity index is 1540. The molecule has 0 spiro atoms. The smallest absolute Gasteiger partial charge is 0.326 e. The molecule has 0 aliphatic rings. The summed E-state index contributed by atoms with van der Waals surface area (Å²) >= 11 is 0. The first-order valence-electron chi connectivity index (χ1n) is 14.7. The number of carbonyl (C=O) groups is 3. The maximum absolute atomic E-state index is 13.1. The summed E-state index contributed by atoms with van der Waals surface area (Å²) in [5, 5.41) is 13.0. The number of hydrogen-bond donors (Lipinski definition) is 2. The van der Waals surface area contributed by atoms with Crippen LogP contribution in [0.3, 0.4) is 0 Å². The quantitative estimate of drug-likeness (QED) is 0.111. The van der Waals surface area contributed by atoms with E-state index in [1.807, 2.05) is 61.5 Å². The molecule has 0 bridgehead atoms. The van der Waals surface area contributed by atoms with Crippen molar-refractivity contribution < 1.29 is 29.0 Å². The Hall–Kier alpha value is -5.11. The van der Waals surface area contributed by atoms with Crippen LogP contribution >= 0.6 is 0 Å². The van der Waals surface area contributed by atoms with E-state index in [2.05, 4.69) is 5.32 Å². The molecule has 4 aromatic carbocycles. The van der Waals surface area contributed by atoms with E-state index in [1.54, 1.807) is 60.5 Å². The zero-order valence-corrected chi connectivity index (χ0v) is 25.1. The fourth-order valence-electron chi connectivity index (χ4n) is 4.83. The van der Waals surface area contributed by atoms with Gasteiger partial charge < -0.3 is 24.8 Å². The molecule has 2 N–H and O–H groups in total. The molecule has 0 aliphatic carbocycles. The summed E-state index contributed by atoms with van der Waals surface area (Å²) in [7, 11) is 1.60. The van der Waals surface area contributed by atoms with Crippen LogP contribution in [0.2, 0.25) is 0 Å². The van der Waals surface area contributed by atoms with Crippen LogP contribution < -0.4 is 19.7 Å². The number of nitrogens with one attached hydrogen (secondary N) is 1.